The van der Waals surface area contributed by atoms with Crippen LogP contribution in [0.1, 0.15) is 11.1 Å². The summed E-state index contributed by atoms with van der Waals surface area (Å²) >= 11 is 0. The number of halogens is 1. The molecule has 0 radical (unpaired) electrons. The molecule has 1 atom stereocenters. The molecule has 0 aliphatic rings. The van der Waals surface area contributed by atoms with Gasteiger partial charge in [-0.2, -0.15) is 0 Å². The van der Waals surface area contributed by atoms with Crippen molar-refractivity contribution in [1.82, 2.24) is 0 Å². The third kappa shape index (κ3) is 3.81. The third-order valence-electron chi connectivity index (χ3n) is 3.39. The van der Waals surface area contributed by atoms with E-state index in [9.17, 15) is 4.39 Å². The molecule has 2 aromatic rings. The summed E-state index contributed by atoms with van der Waals surface area (Å²) in [6, 6.07) is 15.1. The highest BCUT2D eigenvalue weighted by atomic mass is 19.1. The zero-order chi connectivity index (χ0) is 14.5. The molecule has 0 amide bonds. The molecule has 0 heterocycles. The first-order chi connectivity index (χ1) is 9.56. The predicted octanol–water partition coefficient (Wildman–Crippen LogP) is 3.00. The van der Waals surface area contributed by atoms with Gasteiger partial charge in [0.15, 0.2) is 0 Å². The second-order valence-corrected chi connectivity index (χ2v) is 5.32. The number of hydrogen-bond acceptors (Lipinski definition) is 2. The fourth-order valence-corrected chi connectivity index (χ4v) is 2.25. The third-order valence-corrected chi connectivity index (χ3v) is 3.39. The smallest absolute Gasteiger partial charge is 0.126 e. The summed E-state index contributed by atoms with van der Waals surface area (Å²) in [4.78, 5) is 2.06. The van der Waals surface area contributed by atoms with Crippen molar-refractivity contribution in [2.75, 3.05) is 19.0 Å². The van der Waals surface area contributed by atoms with Gasteiger partial charge in [0, 0.05) is 25.8 Å². The molecule has 0 aliphatic carbocycles. The monoisotopic (exact) mass is 272 g/mol. The van der Waals surface area contributed by atoms with Crippen molar-refractivity contribution in [2.45, 2.75) is 18.9 Å². The number of hydrogen-bond donors (Lipinski definition) is 1. The fourth-order valence-electron chi connectivity index (χ4n) is 2.25. The summed E-state index contributed by atoms with van der Waals surface area (Å²) < 4.78 is 13.6. The van der Waals surface area contributed by atoms with Gasteiger partial charge in [-0.15, -0.1) is 0 Å². The van der Waals surface area contributed by atoms with Crippen LogP contribution in [0.3, 0.4) is 0 Å². The van der Waals surface area contributed by atoms with Crippen LogP contribution >= 0.6 is 0 Å². The summed E-state index contributed by atoms with van der Waals surface area (Å²) in [6.45, 7) is 0. The summed E-state index contributed by atoms with van der Waals surface area (Å²) in [5, 5.41) is 0. The van der Waals surface area contributed by atoms with Crippen molar-refractivity contribution in [2.24, 2.45) is 5.73 Å². The Kier molecular flexibility index (Phi) is 4.74. The molecule has 0 fully saturated rings. The quantitative estimate of drug-likeness (QED) is 0.906. The lowest BCUT2D eigenvalue weighted by atomic mass is 9.99. The first-order valence-electron chi connectivity index (χ1n) is 6.81. The minimum atomic E-state index is -0.175. The molecular formula is C17H21FN2. The number of rotatable bonds is 5. The number of benzene rings is 2. The van der Waals surface area contributed by atoms with Crippen molar-refractivity contribution < 1.29 is 4.39 Å². The first kappa shape index (κ1) is 14.5. The molecule has 1 unspecified atom stereocenters. The lowest BCUT2D eigenvalue weighted by Gasteiger charge is -2.15. The maximum Gasteiger partial charge on any atom is 0.126 e. The van der Waals surface area contributed by atoms with Gasteiger partial charge in [-0.25, -0.2) is 4.39 Å². The Labute approximate surface area is 120 Å². The lowest BCUT2D eigenvalue weighted by molar-refractivity contribution is 0.584. The Balaban J connectivity index is 1.97. The molecule has 0 aliphatic heterocycles. The average molecular weight is 272 g/mol. The normalized spacial score (nSPS) is 12.2. The van der Waals surface area contributed by atoms with Crippen LogP contribution in [0.4, 0.5) is 10.1 Å². The number of nitrogens with two attached hydrogens (primary N) is 1. The van der Waals surface area contributed by atoms with E-state index in [2.05, 4.69) is 29.2 Å². The van der Waals surface area contributed by atoms with Gasteiger partial charge in [0.25, 0.3) is 0 Å². The highest BCUT2D eigenvalue weighted by Crippen LogP contribution is 2.15. The first-order valence-corrected chi connectivity index (χ1v) is 6.81. The Morgan fingerprint density at radius 1 is 1.00 bits per heavy atom. The van der Waals surface area contributed by atoms with E-state index in [1.54, 1.807) is 12.1 Å². The molecule has 0 bridgehead atoms. The Bertz CT molecular complexity index is 549. The molecule has 0 saturated carbocycles. The van der Waals surface area contributed by atoms with Gasteiger partial charge in [-0.3, -0.25) is 0 Å². The van der Waals surface area contributed by atoms with E-state index in [0.29, 0.717) is 12.0 Å². The SMILES string of the molecule is CN(C)c1ccc(CC(N)Cc2ccccc2F)cc1. The van der Waals surface area contributed by atoms with Gasteiger partial charge in [0.05, 0.1) is 0 Å². The van der Waals surface area contributed by atoms with E-state index in [1.165, 1.54) is 11.6 Å². The topological polar surface area (TPSA) is 29.3 Å². The number of anilines is 1. The largest absolute Gasteiger partial charge is 0.378 e. The van der Waals surface area contributed by atoms with Crippen molar-refractivity contribution >= 4 is 5.69 Å². The molecule has 2 N–H and O–H groups in total. The van der Waals surface area contributed by atoms with E-state index >= 15 is 0 Å². The maximum atomic E-state index is 13.6. The molecule has 0 spiro atoms. The van der Waals surface area contributed by atoms with Crippen LogP contribution in [0.5, 0.6) is 0 Å². The van der Waals surface area contributed by atoms with Crippen LogP contribution < -0.4 is 10.6 Å². The molecule has 0 saturated heterocycles. The van der Waals surface area contributed by atoms with Gasteiger partial charge in [-0.1, -0.05) is 30.3 Å². The van der Waals surface area contributed by atoms with Gasteiger partial charge in [0.1, 0.15) is 5.82 Å². The second-order valence-electron chi connectivity index (χ2n) is 5.32. The summed E-state index contributed by atoms with van der Waals surface area (Å²) in [6.07, 6.45) is 1.31. The minimum absolute atomic E-state index is 0.0721. The Morgan fingerprint density at radius 2 is 1.65 bits per heavy atom. The molecule has 106 valence electrons. The summed E-state index contributed by atoms with van der Waals surface area (Å²) in [5.41, 5.74) is 9.16. The van der Waals surface area contributed by atoms with Crippen LogP contribution in [0, 0.1) is 5.82 Å². The van der Waals surface area contributed by atoms with E-state index in [-0.39, 0.29) is 11.9 Å². The molecule has 0 aromatic heterocycles. The maximum absolute atomic E-state index is 13.6. The van der Waals surface area contributed by atoms with Crippen molar-refractivity contribution in [3.05, 3.63) is 65.5 Å². The van der Waals surface area contributed by atoms with Gasteiger partial charge in [-0.05, 0) is 42.2 Å². The molecule has 2 rings (SSSR count). The van der Waals surface area contributed by atoms with E-state index in [1.807, 2.05) is 20.2 Å². The van der Waals surface area contributed by atoms with Crippen LogP contribution in [-0.2, 0) is 12.8 Å². The molecule has 2 nitrogen and oxygen atoms in total. The Morgan fingerprint density at radius 3 is 2.25 bits per heavy atom. The minimum Gasteiger partial charge on any atom is -0.378 e. The van der Waals surface area contributed by atoms with E-state index < -0.39 is 0 Å². The molecule has 20 heavy (non-hydrogen) atoms. The van der Waals surface area contributed by atoms with Gasteiger partial charge in [0.2, 0.25) is 0 Å². The highest BCUT2D eigenvalue weighted by molar-refractivity contribution is 5.46. The average Bonchev–Trinajstić information content (AvgIpc) is 2.42. The van der Waals surface area contributed by atoms with Crippen LogP contribution in [-0.4, -0.2) is 20.1 Å². The summed E-state index contributed by atoms with van der Waals surface area (Å²) in [5.74, 6) is -0.175. The van der Waals surface area contributed by atoms with E-state index in [0.717, 1.165) is 12.1 Å². The highest BCUT2D eigenvalue weighted by Gasteiger charge is 2.09. The molecule has 2 aromatic carbocycles. The van der Waals surface area contributed by atoms with Crippen LogP contribution in [0.2, 0.25) is 0 Å². The Hall–Kier alpha value is -1.87. The zero-order valence-electron chi connectivity index (χ0n) is 12.0. The van der Waals surface area contributed by atoms with Gasteiger partial charge < -0.3 is 10.6 Å². The second kappa shape index (κ2) is 6.53. The van der Waals surface area contributed by atoms with Crippen molar-refractivity contribution in [3.63, 3.8) is 0 Å². The zero-order valence-corrected chi connectivity index (χ0v) is 12.0. The standard InChI is InChI=1S/C17H21FN2/c1-20(2)16-9-7-13(8-10-16)11-15(19)12-14-5-3-4-6-17(14)18/h3-10,15H,11-12,19H2,1-2H3. The van der Waals surface area contributed by atoms with E-state index in [4.69, 9.17) is 5.73 Å². The predicted molar refractivity (Wildman–Crippen MR) is 82.6 cm³/mol. The van der Waals surface area contributed by atoms with Gasteiger partial charge >= 0.3 is 0 Å². The van der Waals surface area contributed by atoms with Crippen LogP contribution in [0.15, 0.2) is 48.5 Å². The fraction of sp³-hybridized carbons (Fsp3) is 0.294. The lowest BCUT2D eigenvalue weighted by Crippen LogP contribution is -2.26. The molecular weight excluding hydrogens is 251 g/mol. The number of nitrogens with zero attached hydrogens (tertiary/aromatic N) is 1. The van der Waals surface area contributed by atoms with Crippen LogP contribution in [0.25, 0.3) is 0 Å². The molecule has 3 heteroatoms. The van der Waals surface area contributed by atoms with Crippen molar-refractivity contribution in [3.8, 4) is 0 Å². The summed E-state index contributed by atoms with van der Waals surface area (Å²) in [7, 11) is 4.03. The van der Waals surface area contributed by atoms with Crippen molar-refractivity contribution in [1.29, 1.82) is 0 Å².